The minimum Gasteiger partial charge on any atom is -0.465 e. The van der Waals surface area contributed by atoms with Crippen LogP contribution >= 0.6 is 0 Å². The molecule has 6 heteroatoms. The first kappa shape index (κ1) is 18.1. The van der Waals surface area contributed by atoms with Gasteiger partial charge in [0.05, 0.1) is 18.2 Å². The fraction of sp³-hybridized carbons (Fsp3) is 0.0952. The summed E-state index contributed by atoms with van der Waals surface area (Å²) in [5, 5.41) is 6.00. The summed E-state index contributed by atoms with van der Waals surface area (Å²) in [4.78, 5) is 28.3. The van der Waals surface area contributed by atoms with Crippen molar-refractivity contribution in [2.45, 2.75) is 6.54 Å². The number of aromatic nitrogens is 1. The van der Waals surface area contributed by atoms with Crippen molar-refractivity contribution < 1.29 is 14.3 Å². The topological polar surface area (TPSA) is 80.3 Å². The molecule has 0 saturated heterocycles. The van der Waals surface area contributed by atoms with E-state index in [1.807, 2.05) is 30.3 Å². The van der Waals surface area contributed by atoms with Gasteiger partial charge >= 0.3 is 5.97 Å². The van der Waals surface area contributed by atoms with E-state index >= 15 is 0 Å². The van der Waals surface area contributed by atoms with Crippen molar-refractivity contribution in [2.24, 2.45) is 0 Å². The predicted octanol–water partition coefficient (Wildman–Crippen LogP) is 3.54. The van der Waals surface area contributed by atoms with E-state index in [0.717, 1.165) is 5.56 Å². The van der Waals surface area contributed by atoms with E-state index in [-0.39, 0.29) is 5.91 Å². The van der Waals surface area contributed by atoms with Crippen molar-refractivity contribution >= 4 is 23.4 Å². The van der Waals surface area contributed by atoms with E-state index in [1.165, 1.54) is 7.11 Å². The van der Waals surface area contributed by atoms with Crippen molar-refractivity contribution in [1.82, 2.24) is 10.3 Å². The van der Waals surface area contributed by atoms with E-state index in [1.54, 1.807) is 42.6 Å². The van der Waals surface area contributed by atoms with Gasteiger partial charge in [-0.3, -0.25) is 4.79 Å². The average molecular weight is 361 g/mol. The third-order valence-electron chi connectivity index (χ3n) is 3.92. The highest BCUT2D eigenvalue weighted by atomic mass is 16.5. The lowest BCUT2D eigenvalue weighted by atomic mass is 10.2. The number of nitrogens with one attached hydrogen (secondary N) is 2. The Bertz CT molecular complexity index is 925. The average Bonchev–Trinajstić information content (AvgIpc) is 2.73. The lowest BCUT2D eigenvalue weighted by Gasteiger charge is -2.11. The number of pyridine rings is 1. The number of hydrogen-bond acceptors (Lipinski definition) is 5. The number of hydrogen-bond donors (Lipinski definition) is 2. The van der Waals surface area contributed by atoms with E-state index in [9.17, 15) is 9.59 Å². The summed E-state index contributed by atoms with van der Waals surface area (Å²) >= 11 is 0. The Kier molecular flexibility index (Phi) is 5.79. The molecule has 0 fully saturated rings. The highest BCUT2D eigenvalue weighted by Crippen LogP contribution is 2.19. The van der Waals surface area contributed by atoms with Crippen LogP contribution < -0.4 is 10.6 Å². The molecular formula is C21H19N3O3. The van der Waals surface area contributed by atoms with Gasteiger partial charge in [-0.05, 0) is 42.0 Å². The summed E-state index contributed by atoms with van der Waals surface area (Å²) in [6, 6.07) is 19.9. The monoisotopic (exact) mass is 361 g/mol. The fourth-order valence-electron chi connectivity index (χ4n) is 2.51. The summed E-state index contributed by atoms with van der Waals surface area (Å²) < 4.78 is 4.68. The zero-order valence-electron chi connectivity index (χ0n) is 14.8. The Balaban J connectivity index is 1.71. The Morgan fingerprint density at radius 3 is 2.41 bits per heavy atom. The smallest absolute Gasteiger partial charge is 0.337 e. The molecule has 0 aliphatic carbocycles. The Hall–Kier alpha value is -3.67. The Labute approximate surface area is 157 Å². The summed E-state index contributed by atoms with van der Waals surface area (Å²) in [7, 11) is 1.34. The van der Waals surface area contributed by atoms with Crippen molar-refractivity contribution in [3.63, 3.8) is 0 Å². The molecule has 136 valence electrons. The molecule has 1 amide bonds. The molecule has 0 bridgehead atoms. The van der Waals surface area contributed by atoms with Gasteiger partial charge in [0.2, 0.25) is 0 Å². The van der Waals surface area contributed by atoms with Gasteiger partial charge in [0.1, 0.15) is 5.82 Å². The molecule has 0 radical (unpaired) electrons. The van der Waals surface area contributed by atoms with E-state index in [4.69, 9.17) is 0 Å². The molecule has 1 heterocycles. The number of carbonyl (C=O) groups excluding carboxylic acids is 2. The molecule has 0 atom stereocenters. The van der Waals surface area contributed by atoms with Crippen LogP contribution in [0.15, 0.2) is 72.9 Å². The molecule has 3 rings (SSSR count). The van der Waals surface area contributed by atoms with Crippen molar-refractivity contribution in [1.29, 1.82) is 0 Å². The van der Waals surface area contributed by atoms with Crippen LogP contribution in [0, 0.1) is 0 Å². The van der Waals surface area contributed by atoms with E-state index in [2.05, 4.69) is 20.4 Å². The van der Waals surface area contributed by atoms with Crippen molar-refractivity contribution in [3.8, 4) is 0 Å². The van der Waals surface area contributed by atoms with Crippen molar-refractivity contribution in [2.75, 3.05) is 12.4 Å². The van der Waals surface area contributed by atoms with Gasteiger partial charge in [0, 0.05) is 18.4 Å². The van der Waals surface area contributed by atoms with Crippen LogP contribution in [-0.2, 0) is 11.3 Å². The standard InChI is InChI=1S/C21H19N3O3/c1-27-21(26)16-9-11-17(12-10-16)24-19-18(8-5-13-22-19)20(25)23-14-15-6-3-2-4-7-15/h2-13H,14H2,1H3,(H,22,24)(H,23,25). The minimum absolute atomic E-state index is 0.222. The van der Waals surface area contributed by atoms with Gasteiger partial charge < -0.3 is 15.4 Å². The molecule has 6 nitrogen and oxygen atoms in total. The number of methoxy groups -OCH3 is 1. The molecule has 0 unspecified atom stereocenters. The Morgan fingerprint density at radius 2 is 1.70 bits per heavy atom. The van der Waals surface area contributed by atoms with E-state index < -0.39 is 5.97 Å². The lowest BCUT2D eigenvalue weighted by Crippen LogP contribution is -2.24. The molecular weight excluding hydrogens is 342 g/mol. The normalized spacial score (nSPS) is 10.1. The van der Waals surface area contributed by atoms with Gasteiger partial charge in [-0.15, -0.1) is 0 Å². The van der Waals surface area contributed by atoms with Crippen LogP contribution in [0.5, 0.6) is 0 Å². The highest BCUT2D eigenvalue weighted by molar-refractivity contribution is 5.99. The fourth-order valence-corrected chi connectivity index (χ4v) is 2.51. The second-order valence-electron chi connectivity index (χ2n) is 5.76. The van der Waals surface area contributed by atoms with Gasteiger partial charge in [0.15, 0.2) is 0 Å². The zero-order chi connectivity index (χ0) is 19.1. The van der Waals surface area contributed by atoms with Crippen LogP contribution in [-0.4, -0.2) is 24.0 Å². The number of rotatable bonds is 6. The molecule has 3 aromatic rings. The quantitative estimate of drug-likeness (QED) is 0.657. The van der Waals surface area contributed by atoms with E-state index in [0.29, 0.717) is 29.2 Å². The lowest BCUT2D eigenvalue weighted by molar-refractivity contribution is 0.0600. The second-order valence-corrected chi connectivity index (χ2v) is 5.76. The number of nitrogens with zero attached hydrogens (tertiary/aromatic N) is 1. The van der Waals surface area contributed by atoms with Gasteiger partial charge in [-0.1, -0.05) is 30.3 Å². The zero-order valence-corrected chi connectivity index (χ0v) is 14.8. The first-order valence-electron chi connectivity index (χ1n) is 8.40. The van der Waals surface area contributed by atoms with Crippen LogP contribution in [0.1, 0.15) is 26.3 Å². The summed E-state index contributed by atoms with van der Waals surface area (Å²) in [6.45, 7) is 0.432. The maximum absolute atomic E-state index is 12.6. The predicted molar refractivity (Wildman–Crippen MR) is 103 cm³/mol. The largest absolute Gasteiger partial charge is 0.465 e. The number of benzene rings is 2. The van der Waals surface area contributed by atoms with Crippen LogP contribution in [0.25, 0.3) is 0 Å². The summed E-state index contributed by atoms with van der Waals surface area (Å²) in [5.74, 6) is -0.185. The van der Waals surface area contributed by atoms with Crippen LogP contribution in [0.2, 0.25) is 0 Å². The molecule has 0 aliphatic rings. The number of esters is 1. The third-order valence-corrected chi connectivity index (χ3v) is 3.92. The molecule has 27 heavy (non-hydrogen) atoms. The van der Waals surface area contributed by atoms with Gasteiger partial charge in [-0.25, -0.2) is 9.78 Å². The van der Waals surface area contributed by atoms with Crippen molar-refractivity contribution in [3.05, 3.63) is 89.6 Å². The first-order valence-corrected chi connectivity index (χ1v) is 8.40. The van der Waals surface area contributed by atoms with Gasteiger partial charge in [0.25, 0.3) is 5.91 Å². The number of ether oxygens (including phenoxy) is 1. The number of amides is 1. The SMILES string of the molecule is COC(=O)c1ccc(Nc2ncccc2C(=O)NCc2ccccc2)cc1. The van der Waals surface area contributed by atoms with Gasteiger partial charge in [-0.2, -0.15) is 0 Å². The number of carbonyl (C=O) groups is 2. The van der Waals surface area contributed by atoms with Crippen LogP contribution in [0.4, 0.5) is 11.5 Å². The number of anilines is 2. The summed E-state index contributed by atoms with van der Waals surface area (Å²) in [6.07, 6.45) is 1.61. The molecule has 2 N–H and O–H groups in total. The third kappa shape index (κ3) is 4.70. The second kappa shape index (κ2) is 8.62. The highest BCUT2D eigenvalue weighted by Gasteiger charge is 2.13. The molecule has 2 aromatic carbocycles. The minimum atomic E-state index is -0.402. The Morgan fingerprint density at radius 1 is 0.963 bits per heavy atom. The maximum Gasteiger partial charge on any atom is 0.337 e. The summed E-state index contributed by atoms with van der Waals surface area (Å²) in [5.41, 5.74) is 2.61. The van der Waals surface area contributed by atoms with Crippen LogP contribution in [0.3, 0.4) is 0 Å². The molecule has 0 spiro atoms. The molecule has 1 aromatic heterocycles. The maximum atomic E-state index is 12.6. The molecule has 0 saturated carbocycles. The first-order chi connectivity index (χ1) is 13.2. The molecule has 0 aliphatic heterocycles.